The van der Waals surface area contributed by atoms with Gasteiger partial charge in [-0.05, 0) is 35.4 Å². The summed E-state index contributed by atoms with van der Waals surface area (Å²) < 4.78 is 37.3. The lowest BCUT2D eigenvalue weighted by Gasteiger charge is -2.08. The molecule has 0 amide bonds. The lowest BCUT2D eigenvalue weighted by molar-refractivity contribution is -0.137. The molecule has 0 radical (unpaired) electrons. The van der Waals surface area contributed by atoms with Crippen LogP contribution in [0.4, 0.5) is 18.9 Å². The van der Waals surface area contributed by atoms with Crippen LogP contribution in [0.2, 0.25) is 0 Å². The van der Waals surface area contributed by atoms with E-state index in [1.807, 2.05) is 6.07 Å². The van der Waals surface area contributed by atoms with Gasteiger partial charge in [0, 0.05) is 0 Å². The average Bonchev–Trinajstić information content (AvgIpc) is 2.38. The van der Waals surface area contributed by atoms with Crippen molar-refractivity contribution in [2.45, 2.75) is 6.18 Å². The van der Waals surface area contributed by atoms with Gasteiger partial charge in [-0.15, -0.1) is 0 Å². The lowest BCUT2D eigenvalue weighted by atomic mass is 10.0. The number of nitrogens with two attached hydrogens (primary N) is 1. The third kappa shape index (κ3) is 2.68. The van der Waals surface area contributed by atoms with Crippen LogP contribution in [0.15, 0.2) is 42.5 Å². The van der Waals surface area contributed by atoms with Crippen LogP contribution in [-0.4, -0.2) is 0 Å². The molecule has 2 N–H and O–H groups in total. The summed E-state index contributed by atoms with van der Waals surface area (Å²) in [6.07, 6.45) is -4.35. The monoisotopic (exact) mass is 262 g/mol. The van der Waals surface area contributed by atoms with Crippen LogP contribution in [0.3, 0.4) is 0 Å². The molecule has 0 atom stereocenters. The molecule has 0 unspecified atom stereocenters. The van der Waals surface area contributed by atoms with E-state index in [0.29, 0.717) is 22.4 Å². The highest BCUT2D eigenvalue weighted by Gasteiger charge is 2.29. The molecular weight excluding hydrogens is 253 g/mol. The van der Waals surface area contributed by atoms with Crippen LogP contribution in [0, 0.1) is 11.3 Å². The Hall–Kier alpha value is -2.48. The number of nitriles is 1. The summed E-state index contributed by atoms with van der Waals surface area (Å²) in [5.41, 5.74) is 6.90. The Balaban J connectivity index is 2.38. The van der Waals surface area contributed by atoms with Gasteiger partial charge in [0.15, 0.2) is 0 Å². The van der Waals surface area contributed by atoms with Crippen molar-refractivity contribution in [1.82, 2.24) is 0 Å². The number of hydrogen-bond acceptors (Lipinski definition) is 2. The summed E-state index contributed by atoms with van der Waals surface area (Å²) in [7, 11) is 0. The van der Waals surface area contributed by atoms with Crippen LogP contribution in [-0.2, 0) is 6.18 Å². The lowest BCUT2D eigenvalue weighted by Crippen LogP contribution is -2.04. The third-order valence-electron chi connectivity index (χ3n) is 2.72. The number of nitrogen functional groups attached to an aromatic ring is 1. The molecule has 0 heterocycles. The van der Waals surface area contributed by atoms with E-state index >= 15 is 0 Å². The number of benzene rings is 2. The van der Waals surface area contributed by atoms with E-state index in [2.05, 4.69) is 0 Å². The van der Waals surface area contributed by atoms with Gasteiger partial charge in [-0.25, -0.2) is 0 Å². The van der Waals surface area contributed by atoms with Crippen molar-refractivity contribution in [2.24, 2.45) is 0 Å². The largest absolute Gasteiger partial charge is 0.416 e. The molecule has 0 aliphatic rings. The molecular formula is C14H9F3N2. The Morgan fingerprint density at radius 3 is 2.00 bits per heavy atom. The minimum atomic E-state index is -4.35. The first kappa shape index (κ1) is 13.0. The molecule has 0 saturated heterocycles. The fourth-order valence-corrected chi connectivity index (χ4v) is 1.70. The zero-order chi connectivity index (χ0) is 14.0. The number of hydrogen-bond donors (Lipinski definition) is 1. The van der Waals surface area contributed by atoms with E-state index in [4.69, 9.17) is 11.0 Å². The van der Waals surface area contributed by atoms with Crippen molar-refractivity contribution in [1.29, 1.82) is 5.26 Å². The van der Waals surface area contributed by atoms with Crippen LogP contribution in [0.25, 0.3) is 11.1 Å². The molecule has 0 saturated carbocycles. The van der Waals surface area contributed by atoms with Crippen molar-refractivity contribution in [3.8, 4) is 17.2 Å². The van der Waals surface area contributed by atoms with E-state index in [1.165, 1.54) is 12.1 Å². The Bertz CT molecular complexity index is 637. The number of rotatable bonds is 1. The van der Waals surface area contributed by atoms with E-state index in [9.17, 15) is 13.2 Å². The van der Waals surface area contributed by atoms with Crippen molar-refractivity contribution in [3.63, 3.8) is 0 Å². The fraction of sp³-hybridized carbons (Fsp3) is 0.0714. The minimum Gasteiger partial charge on any atom is -0.398 e. The summed E-state index contributed by atoms with van der Waals surface area (Å²) in [5, 5.41) is 8.75. The van der Waals surface area contributed by atoms with Gasteiger partial charge in [0.05, 0.1) is 16.8 Å². The van der Waals surface area contributed by atoms with Crippen LogP contribution < -0.4 is 5.73 Å². The quantitative estimate of drug-likeness (QED) is 0.794. The molecule has 96 valence electrons. The van der Waals surface area contributed by atoms with E-state index < -0.39 is 11.7 Å². The maximum absolute atomic E-state index is 12.4. The second-order valence-electron chi connectivity index (χ2n) is 3.99. The highest BCUT2D eigenvalue weighted by molar-refractivity contribution is 5.70. The predicted octanol–water partition coefficient (Wildman–Crippen LogP) is 3.83. The summed E-state index contributed by atoms with van der Waals surface area (Å²) in [4.78, 5) is 0. The number of alkyl halides is 3. The summed E-state index contributed by atoms with van der Waals surface area (Å²) in [6.45, 7) is 0. The molecule has 2 aromatic rings. The standard InChI is InChI=1S/C14H9F3N2/c15-14(16,17)12-5-3-9(4-6-12)10-1-2-11(8-18)13(19)7-10/h1-7H,19H2. The molecule has 0 fully saturated rings. The SMILES string of the molecule is N#Cc1ccc(-c2ccc(C(F)(F)F)cc2)cc1N. The molecule has 0 aliphatic heterocycles. The van der Waals surface area contributed by atoms with Gasteiger partial charge in [-0.3, -0.25) is 0 Å². The molecule has 19 heavy (non-hydrogen) atoms. The highest BCUT2D eigenvalue weighted by Crippen LogP contribution is 2.31. The van der Waals surface area contributed by atoms with Crippen molar-refractivity contribution in [3.05, 3.63) is 53.6 Å². The second kappa shape index (κ2) is 4.65. The molecule has 2 nitrogen and oxygen atoms in total. The fourth-order valence-electron chi connectivity index (χ4n) is 1.70. The van der Waals surface area contributed by atoms with Gasteiger partial charge in [0.2, 0.25) is 0 Å². The first-order valence-corrected chi connectivity index (χ1v) is 5.39. The van der Waals surface area contributed by atoms with Gasteiger partial charge in [-0.1, -0.05) is 18.2 Å². The molecule has 0 aliphatic carbocycles. The maximum Gasteiger partial charge on any atom is 0.416 e. The van der Waals surface area contributed by atoms with Crippen molar-refractivity contribution >= 4 is 5.69 Å². The summed E-state index contributed by atoms with van der Waals surface area (Å²) in [5.74, 6) is 0. The van der Waals surface area contributed by atoms with Gasteiger partial charge in [0.1, 0.15) is 6.07 Å². The maximum atomic E-state index is 12.4. The zero-order valence-electron chi connectivity index (χ0n) is 9.70. The van der Waals surface area contributed by atoms with Crippen LogP contribution in [0.1, 0.15) is 11.1 Å². The van der Waals surface area contributed by atoms with E-state index in [-0.39, 0.29) is 0 Å². The summed E-state index contributed by atoms with van der Waals surface area (Å²) >= 11 is 0. The number of anilines is 1. The highest BCUT2D eigenvalue weighted by atomic mass is 19.4. The third-order valence-corrected chi connectivity index (χ3v) is 2.72. The molecule has 2 aromatic carbocycles. The number of nitrogens with zero attached hydrogens (tertiary/aromatic N) is 1. The molecule has 0 aromatic heterocycles. The van der Waals surface area contributed by atoms with Gasteiger partial charge < -0.3 is 5.73 Å². The minimum absolute atomic E-state index is 0.305. The van der Waals surface area contributed by atoms with Gasteiger partial charge >= 0.3 is 6.18 Å². The first-order chi connectivity index (χ1) is 8.91. The van der Waals surface area contributed by atoms with Gasteiger partial charge in [-0.2, -0.15) is 18.4 Å². The Morgan fingerprint density at radius 2 is 1.53 bits per heavy atom. The predicted molar refractivity (Wildman–Crippen MR) is 66.0 cm³/mol. The second-order valence-corrected chi connectivity index (χ2v) is 3.99. The average molecular weight is 262 g/mol. The smallest absolute Gasteiger partial charge is 0.398 e. The van der Waals surface area contributed by atoms with E-state index in [1.54, 1.807) is 18.2 Å². The summed E-state index contributed by atoms with van der Waals surface area (Å²) in [6, 6.07) is 11.5. The Kier molecular flexibility index (Phi) is 3.17. The first-order valence-electron chi connectivity index (χ1n) is 5.39. The van der Waals surface area contributed by atoms with E-state index in [0.717, 1.165) is 12.1 Å². The Labute approximate surface area is 107 Å². The Morgan fingerprint density at radius 1 is 0.947 bits per heavy atom. The van der Waals surface area contributed by atoms with Crippen molar-refractivity contribution < 1.29 is 13.2 Å². The van der Waals surface area contributed by atoms with Gasteiger partial charge in [0.25, 0.3) is 0 Å². The normalized spacial score (nSPS) is 11.1. The molecule has 0 bridgehead atoms. The molecule has 2 rings (SSSR count). The molecule has 0 spiro atoms. The molecule has 5 heteroatoms. The van der Waals surface area contributed by atoms with Crippen LogP contribution in [0.5, 0.6) is 0 Å². The van der Waals surface area contributed by atoms with Crippen LogP contribution >= 0.6 is 0 Å². The number of halogens is 3. The zero-order valence-corrected chi connectivity index (χ0v) is 9.70. The topological polar surface area (TPSA) is 49.8 Å². The van der Waals surface area contributed by atoms with Crippen molar-refractivity contribution in [2.75, 3.05) is 5.73 Å².